The predicted molar refractivity (Wildman–Crippen MR) is 48.5 cm³/mol. The van der Waals surface area contributed by atoms with Crippen molar-refractivity contribution in [2.75, 3.05) is 0 Å². The molecule has 1 aromatic carbocycles. The van der Waals surface area contributed by atoms with Crippen LogP contribution in [-0.2, 0) is 0 Å². The number of rotatable bonds is 1. The highest BCUT2D eigenvalue weighted by Gasteiger charge is 1.98. The first-order valence-corrected chi connectivity index (χ1v) is 4.10. The third-order valence-electron chi connectivity index (χ3n) is 1.65. The van der Waals surface area contributed by atoms with Crippen LogP contribution in [0.5, 0.6) is 0 Å². The number of aromatic nitrogens is 2. The third-order valence-corrected chi connectivity index (χ3v) is 1.85. The largest absolute Gasteiger partial charge is 0.239 e. The second-order valence-corrected chi connectivity index (χ2v) is 2.95. The monoisotopic (exact) mass is 196 g/mol. The molecule has 0 aliphatic heterocycles. The van der Waals surface area contributed by atoms with Gasteiger partial charge in [0.2, 0.25) is 0 Å². The zero-order valence-electron chi connectivity index (χ0n) is 6.61. The lowest BCUT2D eigenvalue weighted by molar-refractivity contribution is 0.627. The van der Waals surface area contributed by atoms with Crippen LogP contribution < -0.4 is 0 Å². The van der Waals surface area contributed by atoms with Crippen LogP contribution in [0.4, 0.5) is 4.39 Å². The fourth-order valence-electron chi connectivity index (χ4n) is 1.04. The highest BCUT2D eigenvalue weighted by atomic mass is 35.5. The summed E-state index contributed by atoms with van der Waals surface area (Å²) < 4.78 is 14.1. The van der Waals surface area contributed by atoms with Crippen molar-refractivity contribution in [3.05, 3.63) is 47.5 Å². The van der Waals surface area contributed by atoms with E-state index in [2.05, 4.69) is 5.10 Å². The van der Waals surface area contributed by atoms with Crippen LogP contribution in [0.1, 0.15) is 0 Å². The summed E-state index contributed by atoms with van der Waals surface area (Å²) in [6, 6.07) is 7.71. The normalized spacial score (nSPS) is 10.3. The van der Waals surface area contributed by atoms with E-state index in [1.54, 1.807) is 29.1 Å². The van der Waals surface area contributed by atoms with Crippen LogP contribution in [0, 0.1) is 5.82 Å². The van der Waals surface area contributed by atoms with Crippen molar-refractivity contribution in [3.63, 3.8) is 0 Å². The van der Waals surface area contributed by atoms with Gasteiger partial charge in [0.05, 0.1) is 5.69 Å². The molecule has 0 unspecified atom stereocenters. The smallest absolute Gasteiger partial charge is 0.151 e. The molecule has 0 fully saturated rings. The van der Waals surface area contributed by atoms with Gasteiger partial charge < -0.3 is 0 Å². The fourth-order valence-corrected chi connectivity index (χ4v) is 1.18. The first kappa shape index (κ1) is 8.26. The lowest BCUT2D eigenvalue weighted by Crippen LogP contribution is -1.93. The van der Waals surface area contributed by atoms with E-state index >= 15 is 0 Å². The van der Waals surface area contributed by atoms with E-state index in [0.717, 1.165) is 5.69 Å². The molecule has 0 bridgehead atoms. The van der Waals surface area contributed by atoms with Crippen LogP contribution in [-0.4, -0.2) is 9.78 Å². The van der Waals surface area contributed by atoms with Gasteiger partial charge in [0, 0.05) is 6.20 Å². The predicted octanol–water partition coefficient (Wildman–Crippen LogP) is 2.66. The van der Waals surface area contributed by atoms with Crippen molar-refractivity contribution < 1.29 is 4.39 Å². The molecule has 0 aliphatic rings. The van der Waals surface area contributed by atoms with Crippen LogP contribution in [0.15, 0.2) is 36.5 Å². The Labute approximate surface area is 79.6 Å². The fraction of sp³-hybridized carbons (Fsp3) is 0. The van der Waals surface area contributed by atoms with E-state index in [-0.39, 0.29) is 5.82 Å². The van der Waals surface area contributed by atoms with E-state index in [9.17, 15) is 4.39 Å². The molecule has 2 aromatic rings. The van der Waals surface area contributed by atoms with E-state index in [4.69, 9.17) is 11.6 Å². The zero-order valence-corrected chi connectivity index (χ0v) is 7.37. The van der Waals surface area contributed by atoms with E-state index in [0.29, 0.717) is 5.15 Å². The summed E-state index contributed by atoms with van der Waals surface area (Å²) >= 11 is 5.64. The summed E-state index contributed by atoms with van der Waals surface area (Å²) in [4.78, 5) is 0. The van der Waals surface area contributed by atoms with Gasteiger partial charge in [-0.1, -0.05) is 11.6 Å². The minimum Gasteiger partial charge on any atom is -0.239 e. The molecule has 66 valence electrons. The average molecular weight is 197 g/mol. The molecule has 0 saturated heterocycles. The number of halogens is 2. The van der Waals surface area contributed by atoms with Gasteiger partial charge in [-0.05, 0) is 30.3 Å². The Kier molecular flexibility index (Phi) is 2.02. The van der Waals surface area contributed by atoms with Gasteiger partial charge in [0.25, 0.3) is 0 Å². The van der Waals surface area contributed by atoms with Crippen molar-refractivity contribution in [2.45, 2.75) is 0 Å². The van der Waals surface area contributed by atoms with Gasteiger partial charge in [-0.15, -0.1) is 0 Å². The summed E-state index contributed by atoms with van der Waals surface area (Å²) in [5.41, 5.74) is 0.785. The Hall–Kier alpha value is -1.35. The van der Waals surface area contributed by atoms with E-state index in [1.807, 2.05) is 0 Å². The SMILES string of the molecule is Fc1ccc(-n2ccc(Cl)n2)cc1. The van der Waals surface area contributed by atoms with Gasteiger partial charge in [0.1, 0.15) is 5.82 Å². The van der Waals surface area contributed by atoms with Crippen molar-refractivity contribution >= 4 is 11.6 Å². The molecule has 0 N–H and O–H groups in total. The number of hydrogen-bond donors (Lipinski definition) is 0. The van der Waals surface area contributed by atoms with Gasteiger partial charge in [0.15, 0.2) is 5.15 Å². The summed E-state index contributed by atoms with van der Waals surface area (Å²) in [6.07, 6.45) is 1.72. The quantitative estimate of drug-likeness (QED) is 0.686. The molecule has 0 saturated carbocycles. The third kappa shape index (κ3) is 1.70. The second-order valence-electron chi connectivity index (χ2n) is 2.56. The van der Waals surface area contributed by atoms with Crippen LogP contribution >= 0.6 is 11.6 Å². The highest BCUT2D eigenvalue weighted by molar-refractivity contribution is 6.29. The van der Waals surface area contributed by atoms with Crippen molar-refractivity contribution in [3.8, 4) is 5.69 Å². The number of hydrogen-bond acceptors (Lipinski definition) is 1. The number of nitrogens with zero attached hydrogens (tertiary/aromatic N) is 2. The lowest BCUT2D eigenvalue weighted by atomic mass is 10.3. The molecule has 1 aromatic heterocycles. The summed E-state index contributed by atoms with van der Waals surface area (Å²) in [5, 5.41) is 4.39. The zero-order chi connectivity index (χ0) is 9.26. The van der Waals surface area contributed by atoms with Gasteiger partial charge >= 0.3 is 0 Å². The molecule has 0 atom stereocenters. The average Bonchev–Trinajstić information content (AvgIpc) is 2.53. The lowest BCUT2D eigenvalue weighted by Gasteiger charge is -1.99. The van der Waals surface area contributed by atoms with Crippen LogP contribution in [0.3, 0.4) is 0 Å². The molecule has 0 amide bonds. The molecular formula is C9H6ClFN2. The summed E-state index contributed by atoms with van der Waals surface area (Å²) in [6.45, 7) is 0. The Bertz CT molecular complexity index is 408. The van der Waals surface area contributed by atoms with Crippen LogP contribution in [0.2, 0.25) is 5.15 Å². The molecule has 0 spiro atoms. The Balaban J connectivity index is 2.41. The topological polar surface area (TPSA) is 17.8 Å². The van der Waals surface area contributed by atoms with Crippen molar-refractivity contribution in [1.29, 1.82) is 0 Å². The van der Waals surface area contributed by atoms with Gasteiger partial charge in [-0.3, -0.25) is 0 Å². The van der Waals surface area contributed by atoms with Gasteiger partial charge in [-0.2, -0.15) is 5.10 Å². The van der Waals surface area contributed by atoms with Crippen LogP contribution in [0.25, 0.3) is 5.69 Å². The second kappa shape index (κ2) is 3.18. The Morgan fingerprint density at radius 1 is 1.15 bits per heavy atom. The molecule has 13 heavy (non-hydrogen) atoms. The first-order valence-electron chi connectivity index (χ1n) is 3.73. The summed E-state index contributed by atoms with van der Waals surface area (Å²) in [5.74, 6) is -0.262. The summed E-state index contributed by atoms with van der Waals surface area (Å²) in [7, 11) is 0. The molecule has 0 radical (unpaired) electrons. The maximum absolute atomic E-state index is 12.6. The van der Waals surface area contributed by atoms with E-state index in [1.165, 1.54) is 12.1 Å². The van der Waals surface area contributed by atoms with Crippen molar-refractivity contribution in [2.24, 2.45) is 0 Å². The minimum absolute atomic E-state index is 0.262. The minimum atomic E-state index is -0.262. The van der Waals surface area contributed by atoms with E-state index < -0.39 is 0 Å². The maximum Gasteiger partial charge on any atom is 0.151 e. The highest BCUT2D eigenvalue weighted by Crippen LogP contribution is 2.10. The molecule has 0 aliphatic carbocycles. The molecule has 2 nitrogen and oxygen atoms in total. The standard InChI is InChI=1S/C9H6ClFN2/c10-9-5-6-13(12-9)8-3-1-7(11)2-4-8/h1-6H. The molecular weight excluding hydrogens is 191 g/mol. The molecule has 1 heterocycles. The van der Waals surface area contributed by atoms with Gasteiger partial charge in [-0.25, -0.2) is 9.07 Å². The molecule has 2 rings (SSSR count). The van der Waals surface area contributed by atoms with Crippen molar-refractivity contribution in [1.82, 2.24) is 9.78 Å². The Morgan fingerprint density at radius 3 is 2.38 bits per heavy atom. The maximum atomic E-state index is 12.6. The number of benzene rings is 1. The Morgan fingerprint density at radius 2 is 1.85 bits per heavy atom. The first-order chi connectivity index (χ1) is 6.25. The molecule has 4 heteroatoms.